The number of ether oxygens (including phenoxy) is 1. The van der Waals surface area contributed by atoms with Crippen molar-refractivity contribution < 1.29 is 18.3 Å². The first kappa shape index (κ1) is 19.3. The number of methoxy groups -OCH3 is 1. The number of nitrogens with zero attached hydrogens (tertiary/aromatic N) is 4. The molecule has 0 bridgehead atoms. The van der Waals surface area contributed by atoms with Crippen molar-refractivity contribution in [1.29, 1.82) is 0 Å². The molecular formula is C21H22F2N4O2. The lowest BCUT2D eigenvalue weighted by Gasteiger charge is -2.36. The molecule has 8 heteroatoms. The summed E-state index contributed by atoms with van der Waals surface area (Å²) in [6, 6.07) is 3.73. The molecule has 1 aliphatic heterocycles. The third-order valence-corrected chi connectivity index (χ3v) is 5.40. The van der Waals surface area contributed by atoms with Gasteiger partial charge in [0, 0.05) is 57.4 Å². The first-order valence-electron chi connectivity index (χ1n) is 9.50. The van der Waals surface area contributed by atoms with Crippen LogP contribution in [0, 0.1) is 11.6 Å². The molecule has 1 aromatic carbocycles. The van der Waals surface area contributed by atoms with Gasteiger partial charge in [0.1, 0.15) is 17.2 Å². The maximum absolute atomic E-state index is 13.8. The molecule has 1 saturated heterocycles. The lowest BCUT2D eigenvalue weighted by molar-refractivity contribution is 0.112. The highest BCUT2D eigenvalue weighted by atomic mass is 19.1. The zero-order valence-corrected chi connectivity index (χ0v) is 16.1. The fourth-order valence-electron chi connectivity index (χ4n) is 3.82. The largest absolute Gasteiger partial charge is 0.494 e. The summed E-state index contributed by atoms with van der Waals surface area (Å²) in [5.41, 5.74) is 2.38. The standard InChI is InChI=1S/C21H22F2N4O2/c1-29-20-17(14-28)21-24-5-7-27(21)13-19(20)26-10-8-25(9-11-26)6-4-15-2-3-16(22)12-18(15)23/h2-3,5,7,12-14H,4,6,8-11H2,1H3. The summed E-state index contributed by atoms with van der Waals surface area (Å²) < 4.78 is 34.2. The SMILES string of the molecule is COc1c(N2CCN(CCc3ccc(F)cc3F)CC2)cn2ccnc2c1C=O. The minimum Gasteiger partial charge on any atom is -0.494 e. The number of benzene rings is 1. The van der Waals surface area contributed by atoms with Crippen LogP contribution in [-0.2, 0) is 6.42 Å². The maximum Gasteiger partial charge on any atom is 0.157 e. The average molecular weight is 400 g/mol. The molecule has 3 aromatic rings. The van der Waals surface area contributed by atoms with Crippen molar-refractivity contribution in [1.82, 2.24) is 14.3 Å². The minimum absolute atomic E-state index is 0.434. The number of imidazole rings is 1. The van der Waals surface area contributed by atoms with E-state index in [0.29, 0.717) is 35.5 Å². The molecule has 2 aromatic heterocycles. The molecule has 0 N–H and O–H groups in total. The van der Waals surface area contributed by atoms with E-state index in [-0.39, 0.29) is 0 Å². The first-order chi connectivity index (χ1) is 14.1. The summed E-state index contributed by atoms with van der Waals surface area (Å²) in [6.45, 7) is 3.80. The number of carbonyl (C=O) groups is 1. The summed E-state index contributed by atoms with van der Waals surface area (Å²) in [5, 5.41) is 0. The Balaban J connectivity index is 1.45. The van der Waals surface area contributed by atoms with Gasteiger partial charge in [-0.2, -0.15) is 0 Å². The predicted octanol–water partition coefficient (Wildman–Crippen LogP) is 2.80. The lowest BCUT2D eigenvalue weighted by Crippen LogP contribution is -2.47. The van der Waals surface area contributed by atoms with Crippen LogP contribution in [0.15, 0.2) is 36.8 Å². The lowest BCUT2D eigenvalue weighted by atomic mass is 10.1. The summed E-state index contributed by atoms with van der Waals surface area (Å²) in [4.78, 5) is 20.3. The molecule has 0 aliphatic carbocycles. The summed E-state index contributed by atoms with van der Waals surface area (Å²) in [5.74, 6) is -0.526. The van der Waals surface area contributed by atoms with Crippen molar-refractivity contribution in [2.24, 2.45) is 0 Å². The Bertz CT molecular complexity index is 1030. The fraction of sp³-hybridized carbons (Fsp3) is 0.333. The van der Waals surface area contributed by atoms with E-state index in [0.717, 1.165) is 44.2 Å². The first-order valence-corrected chi connectivity index (χ1v) is 9.50. The Morgan fingerprint density at radius 2 is 2.00 bits per heavy atom. The van der Waals surface area contributed by atoms with E-state index in [2.05, 4.69) is 14.8 Å². The molecule has 152 valence electrons. The van der Waals surface area contributed by atoms with Crippen molar-refractivity contribution in [2.45, 2.75) is 6.42 Å². The van der Waals surface area contributed by atoms with Gasteiger partial charge in [-0.25, -0.2) is 13.8 Å². The van der Waals surface area contributed by atoms with Crippen LogP contribution in [0.5, 0.6) is 5.75 Å². The van der Waals surface area contributed by atoms with E-state index < -0.39 is 11.6 Å². The van der Waals surface area contributed by atoms with E-state index >= 15 is 0 Å². The molecule has 0 atom stereocenters. The zero-order chi connectivity index (χ0) is 20.4. The topological polar surface area (TPSA) is 50.1 Å². The fourth-order valence-corrected chi connectivity index (χ4v) is 3.82. The van der Waals surface area contributed by atoms with Crippen LogP contribution < -0.4 is 9.64 Å². The third-order valence-electron chi connectivity index (χ3n) is 5.40. The number of anilines is 1. The van der Waals surface area contributed by atoms with Gasteiger partial charge in [0.25, 0.3) is 0 Å². The van der Waals surface area contributed by atoms with Crippen LogP contribution in [0.1, 0.15) is 15.9 Å². The number of fused-ring (bicyclic) bond motifs is 1. The van der Waals surface area contributed by atoms with Crippen molar-refractivity contribution in [3.8, 4) is 5.75 Å². The molecule has 4 rings (SSSR count). The van der Waals surface area contributed by atoms with Crippen LogP contribution in [0.2, 0.25) is 0 Å². The van der Waals surface area contributed by atoms with Crippen molar-refractivity contribution in [3.63, 3.8) is 0 Å². The summed E-state index contributed by atoms with van der Waals surface area (Å²) >= 11 is 0. The molecule has 1 aliphatic rings. The molecule has 0 saturated carbocycles. The number of rotatable bonds is 6. The average Bonchev–Trinajstić information content (AvgIpc) is 3.20. The number of carbonyl (C=O) groups excluding carboxylic acids is 1. The number of hydrogen-bond donors (Lipinski definition) is 0. The van der Waals surface area contributed by atoms with Crippen molar-refractivity contribution in [3.05, 3.63) is 59.6 Å². The number of halogens is 2. The molecule has 1 fully saturated rings. The van der Waals surface area contributed by atoms with E-state index in [9.17, 15) is 13.6 Å². The van der Waals surface area contributed by atoms with Gasteiger partial charge in [-0.05, 0) is 18.1 Å². The van der Waals surface area contributed by atoms with Gasteiger partial charge in [-0.1, -0.05) is 6.07 Å². The highest BCUT2D eigenvalue weighted by Crippen LogP contribution is 2.34. The van der Waals surface area contributed by atoms with Crippen LogP contribution in [0.4, 0.5) is 14.5 Å². The zero-order valence-electron chi connectivity index (χ0n) is 16.1. The summed E-state index contributed by atoms with van der Waals surface area (Å²) in [7, 11) is 1.55. The maximum atomic E-state index is 13.8. The van der Waals surface area contributed by atoms with Gasteiger partial charge in [0.05, 0.1) is 12.8 Å². The van der Waals surface area contributed by atoms with Gasteiger partial charge < -0.3 is 14.0 Å². The van der Waals surface area contributed by atoms with Gasteiger partial charge in [0.2, 0.25) is 0 Å². The molecule has 0 amide bonds. The Hall–Kier alpha value is -3.00. The second-order valence-electron chi connectivity index (χ2n) is 7.05. The Morgan fingerprint density at radius 1 is 1.21 bits per heavy atom. The second kappa shape index (κ2) is 8.16. The molecule has 0 unspecified atom stereocenters. The molecule has 29 heavy (non-hydrogen) atoms. The highest BCUT2D eigenvalue weighted by Gasteiger charge is 2.23. The molecule has 0 radical (unpaired) electrons. The van der Waals surface area contributed by atoms with Gasteiger partial charge in [0.15, 0.2) is 17.7 Å². The third kappa shape index (κ3) is 3.80. The van der Waals surface area contributed by atoms with Gasteiger partial charge >= 0.3 is 0 Å². The van der Waals surface area contributed by atoms with Crippen LogP contribution in [0.25, 0.3) is 5.65 Å². The van der Waals surface area contributed by atoms with Crippen molar-refractivity contribution in [2.75, 3.05) is 44.7 Å². The van der Waals surface area contributed by atoms with Crippen LogP contribution >= 0.6 is 0 Å². The van der Waals surface area contributed by atoms with Gasteiger partial charge in [-0.3, -0.25) is 9.69 Å². The normalized spacial score (nSPS) is 15.1. The Kier molecular flexibility index (Phi) is 5.44. The number of piperazine rings is 1. The Labute approximate surface area is 167 Å². The predicted molar refractivity (Wildman–Crippen MR) is 106 cm³/mol. The molecular weight excluding hydrogens is 378 g/mol. The molecule has 0 spiro atoms. The smallest absolute Gasteiger partial charge is 0.157 e. The number of aromatic nitrogens is 2. The molecule has 3 heterocycles. The number of aldehydes is 1. The Morgan fingerprint density at radius 3 is 2.69 bits per heavy atom. The van der Waals surface area contributed by atoms with E-state index in [1.165, 1.54) is 12.1 Å². The van der Waals surface area contributed by atoms with E-state index in [4.69, 9.17) is 4.74 Å². The second-order valence-corrected chi connectivity index (χ2v) is 7.05. The number of pyridine rings is 1. The van der Waals surface area contributed by atoms with E-state index in [1.54, 1.807) is 19.5 Å². The molecule has 6 nitrogen and oxygen atoms in total. The number of hydrogen-bond acceptors (Lipinski definition) is 5. The van der Waals surface area contributed by atoms with Gasteiger partial charge in [-0.15, -0.1) is 0 Å². The highest BCUT2D eigenvalue weighted by molar-refractivity contribution is 5.91. The van der Waals surface area contributed by atoms with Crippen molar-refractivity contribution >= 4 is 17.6 Å². The minimum atomic E-state index is -0.557. The summed E-state index contributed by atoms with van der Waals surface area (Å²) in [6.07, 6.45) is 6.69. The quantitative estimate of drug-likeness (QED) is 0.596. The van der Waals surface area contributed by atoms with Crippen LogP contribution in [0.3, 0.4) is 0 Å². The monoisotopic (exact) mass is 400 g/mol. The van der Waals surface area contributed by atoms with Crippen LogP contribution in [-0.4, -0.2) is 60.4 Å². The van der Waals surface area contributed by atoms with E-state index in [1.807, 2.05) is 10.6 Å².